The summed E-state index contributed by atoms with van der Waals surface area (Å²) in [7, 11) is 4.70. The molecule has 0 amide bonds. The quantitative estimate of drug-likeness (QED) is 0.395. The largest absolute Gasteiger partial charge is 0.319 e. The second-order valence-electron chi connectivity index (χ2n) is 1.51. The highest BCUT2D eigenvalue weighted by atomic mass is 127. The smallest absolute Gasteiger partial charge is 0.300 e. The Labute approximate surface area is 61.5 Å². The van der Waals surface area contributed by atoms with Gasteiger partial charge in [0, 0.05) is 0 Å². The predicted octanol–water partition coefficient (Wildman–Crippen LogP) is 1.65. The van der Waals surface area contributed by atoms with Gasteiger partial charge in [-0.3, -0.25) is 0 Å². The van der Waals surface area contributed by atoms with Gasteiger partial charge in [0.1, 0.15) is 0 Å². The SMILES string of the molecule is CCB(I)N(C)P. The van der Waals surface area contributed by atoms with E-state index in [1.54, 1.807) is 0 Å². The first kappa shape index (κ1) is 8.18. The van der Waals surface area contributed by atoms with Crippen LogP contribution in [0.25, 0.3) is 0 Å². The van der Waals surface area contributed by atoms with Gasteiger partial charge in [-0.25, -0.2) is 0 Å². The maximum atomic E-state index is 2.64. The second-order valence-corrected chi connectivity index (χ2v) is 3.76. The molecule has 0 aromatic carbocycles. The van der Waals surface area contributed by atoms with Gasteiger partial charge in [0.15, 0.2) is 0 Å². The molecule has 0 aliphatic rings. The van der Waals surface area contributed by atoms with Crippen LogP contribution >= 0.6 is 31.8 Å². The monoisotopic (exact) mass is 229 g/mol. The molecule has 0 rings (SSSR count). The summed E-state index contributed by atoms with van der Waals surface area (Å²) in [4.78, 5) is 0. The standard InChI is InChI=1S/C3H10BINP/c1-3-4(5)6(2)7/h3,7H2,1-2H3. The first-order valence-electron chi connectivity index (χ1n) is 2.30. The third-order valence-electron chi connectivity index (χ3n) is 0.779. The normalized spacial score (nSPS) is 9.86. The van der Waals surface area contributed by atoms with E-state index in [-0.39, 0.29) is 0 Å². The van der Waals surface area contributed by atoms with Crippen LogP contribution in [0, 0.1) is 0 Å². The number of halogens is 1. The molecule has 42 valence electrons. The molecule has 0 bridgehead atoms. The molecule has 0 aliphatic heterocycles. The summed E-state index contributed by atoms with van der Waals surface area (Å²) >= 11 is 2.40. The molecule has 0 aromatic heterocycles. The van der Waals surface area contributed by atoms with Crippen LogP contribution in [0.4, 0.5) is 0 Å². The lowest BCUT2D eigenvalue weighted by atomic mass is 9.91. The lowest BCUT2D eigenvalue weighted by Gasteiger charge is -2.10. The van der Waals surface area contributed by atoms with Crippen LogP contribution in [0.5, 0.6) is 0 Å². The molecule has 0 N–H and O–H groups in total. The third kappa shape index (κ3) is 3.74. The van der Waals surface area contributed by atoms with Crippen molar-refractivity contribution in [2.24, 2.45) is 0 Å². The number of nitrogens with zero attached hydrogens (tertiary/aromatic N) is 1. The lowest BCUT2D eigenvalue weighted by molar-refractivity contribution is 0.885. The average Bonchev–Trinajstić information content (AvgIpc) is 1.65. The fraction of sp³-hybridized carbons (Fsp3) is 1.00. The highest BCUT2D eigenvalue weighted by molar-refractivity contribution is 14.1. The van der Waals surface area contributed by atoms with E-state index in [1.165, 1.54) is 6.32 Å². The van der Waals surface area contributed by atoms with Crippen molar-refractivity contribution in [1.29, 1.82) is 0 Å². The van der Waals surface area contributed by atoms with Crippen LogP contribution in [0.15, 0.2) is 0 Å². The van der Waals surface area contributed by atoms with Gasteiger partial charge in [-0.15, -0.1) is 22.4 Å². The van der Waals surface area contributed by atoms with Gasteiger partial charge >= 0.3 is 0 Å². The van der Waals surface area contributed by atoms with E-state index in [2.05, 4.69) is 50.3 Å². The van der Waals surface area contributed by atoms with Crippen molar-refractivity contribution in [3.63, 3.8) is 0 Å². The molecule has 7 heavy (non-hydrogen) atoms. The topological polar surface area (TPSA) is 3.24 Å². The van der Waals surface area contributed by atoms with Crippen LogP contribution in [0.1, 0.15) is 6.92 Å². The van der Waals surface area contributed by atoms with E-state index in [0.717, 1.165) is 0 Å². The van der Waals surface area contributed by atoms with Crippen LogP contribution in [-0.2, 0) is 0 Å². The minimum Gasteiger partial charge on any atom is -0.319 e. The fourth-order valence-corrected chi connectivity index (χ4v) is 0.499. The van der Waals surface area contributed by atoms with Crippen molar-refractivity contribution in [2.75, 3.05) is 7.05 Å². The fourth-order valence-electron chi connectivity index (χ4n) is 0.288. The zero-order chi connectivity index (χ0) is 5.86. The van der Waals surface area contributed by atoms with Crippen molar-refractivity contribution in [1.82, 2.24) is 4.58 Å². The van der Waals surface area contributed by atoms with Gasteiger partial charge in [0.25, 0.3) is 4.70 Å². The highest BCUT2D eigenvalue weighted by Gasteiger charge is 2.07. The molecule has 0 saturated heterocycles. The maximum Gasteiger partial charge on any atom is 0.300 e. The van der Waals surface area contributed by atoms with Crippen LogP contribution < -0.4 is 0 Å². The van der Waals surface area contributed by atoms with Gasteiger partial charge in [0.2, 0.25) is 0 Å². The lowest BCUT2D eigenvalue weighted by Crippen LogP contribution is -2.18. The molecule has 1 atom stereocenters. The van der Waals surface area contributed by atoms with E-state index >= 15 is 0 Å². The molecule has 0 heterocycles. The van der Waals surface area contributed by atoms with Gasteiger partial charge < -0.3 is 4.58 Å². The maximum absolute atomic E-state index is 2.64. The summed E-state index contributed by atoms with van der Waals surface area (Å²) in [5, 5.41) is 0. The Morgan fingerprint density at radius 3 is 2.29 bits per heavy atom. The van der Waals surface area contributed by atoms with Gasteiger partial charge in [-0.1, -0.05) is 22.6 Å². The molecule has 0 radical (unpaired) electrons. The summed E-state index contributed by atoms with van der Waals surface area (Å²) < 4.78 is 2.79. The van der Waals surface area contributed by atoms with Gasteiger partial charge in [-0.2, -0.15) is 0 Å². The van der Waals surface area contributed by atoms with E-state index in [0.29, 0.717) is 4.70 Å². The van der Waals surface area contributed by atoms with Crippen LogP contribution in [0.3, 0.4) is 0 Å². The number of hydrogen-bond donors (Lipinski definition) is 0. The summed E-state index contributed by atoms with van der Waals surface area (Å²) in [5.41, 5.74) is 0. The Hall–Kier alpha value is 1.18. The summed E-state index contributed by atoms with van der Waals surface area (Å²) in [5.74, 6) is 0. The van der Waals surface area contributed by atoms with Crippen molar-refractivity contribution < 1.29 is 0 Å². The minimum atomic E-state index is 0.669. The Kier molecular flexibility index (Phi) is 4.80. The first-order valence-corrected chi connectivity index (χ1v) is 4.06. The zero-order valence-electron chi connectivity index (χ0n) is 4.69. The Morgan fingerprint density at radius 2 is 2.29 bits per heavy atom. The van der Waals surface area contributed by atoms with Crippen LogP contribution in [0.2, 0.25) is 6.32 Å². The molecule has 1 nitrogen and oxygen atoms in total. The Bertz CT molecular complexity index is 52.2. The zero-order valence-corrected chi connectivity index (χ0v) is 8.00. The molecule has 0 fully saturated rings. The molecule has 0 aromatic rings. The van der Waals surface area contributed by atoms with Crippen molar-refractivity contribution >= 4 is 36.5 Å². The minimum absolute atomic E-state index is 0.669. The predicted molar refractivity (Wildman–Crippen MR) is 47.7 cm³/mol. The number of hydrogen-bond acceptors (Lipinski definition) is 1. The molecule has 1 unspecified atom stereocenters. The van der Waals surface area contributed by atoms with Crippen molar-refractivity contribution in [3.05, 3.63) is 0 Å². The summed E-state index contributed by atoms with van der Waals surface area (Å²) in [6, 6.07) is 0. The summed E-state index contributed by atoms with van der Waals surface area (Å²) in [6.45, 7) is 2.18. The van der Waals surface area contributed by atoms with Crippen LogP contribution in [-0.4, -0.2) is 16.3 Å². The molecule has 0 saturated carbocycles. The van der Waals surface area contributed by atoms with E-state index in [9.17, 15) is 0 Å². The molecular formula is C3H10BINP. The molecule has 4 heteroatoms. The first-order chi connectivity index (χ1) is 3.18. The van der Waals surface area contributed by atoms with E-state index < -0.39 is 0 Å². The molecule has 0 spiro atoms. The highest BCUT2D eigenvalue weighted by Crippen LogP contribution is 2.08. The average molecular weight is 229 g/mol. The van der Waals surface area contributed by atoms with Crippen molar-refractivity contribution in [2.45, 2.75) is 13.2 Å². The second kappa shape index (κ2) is 4.10. The van der Waals surface area contributed by atoms with E-state index in [4.69, 9.17) is 0 Å². The molecular weight excluding hydrogens is 219 g/mol. The van der Waals surface area contributed by atoms with Gasteiger partial charge in [0.05, 0.1) is 0 Å². The van der Waals surface area contributed by atoms with Crippen molar-refractivity contribution in [3.8, 4) is 0 Å². The molecule has 0 aliphatic carbocycles. The summed E-state index contributed by atoms with van der Waals surface area (Å²) in [6.07, 6.45) is 1.21. The van der Waals surface area contributed by atoms with Gasteiger partial charge in [-0.05, 0) is 7.05 Å². The Morgan fingerprint density at radius 1 is 1.86 bits per heavy atom. The Balaban J connectivity index is 3.14. The number of rotatable bonds is 2. The van der Waals surface area contributed by atoms with E-state index in [1.807, 2.05) is 0 Å². The third-order valence-corrected chi connectivity index (χ3v) is 3.51.